The van der Waals surface area contributed by atoms with Crippen LogP contribution in [-0.4, -0.2) is 71.4 Å². The fraction of sp³-hybridized carbons (Fsp3) is 0.375. The van der Waals surface area contributed by atoms with Crippen molar-refractivity contribution in [3.05, 3.63) is 108 Å². The molecule has 5 N–H and O–H groups in total. The van der Waals surface area contributed by atoms with Gasteiger partial charge in [0.05, 0.1) is 34.2 Å². The highest BCUT2D eigenvalue weighted by Crippen LogP contribution is 2.20. The molecule has 2 unspecified atom stereocenters. The lowest BCUT2D eigenvalue weighted by Crippen LogP contribution is -2.55. The number of aromatic nitrogens is 1. The molecular formula is C40H49N5O6S. The highest BCUT2D eigenvalue weighted by molar-refractivity contribution is 7.91. The Balaban J connectivity index is 1.54. The second kappa shape index (κ2) is 17.5. The Morgan fingerprint density at radius 1 is 0.827 bits per heavy atom. The van der Waals surface area contributed by atoms with Gasteiger partial charge in [0.15, 0.2) is 9.84 Å². The van der Waals surface area contributed by atoms with E-state index in [1.54, 1.807) is 71.0 Å². The molecule has 0 saturated carbocycles. The molecule has 12 heteroatoms. The number of amides is 3. The first kappa shape index (κ1) is 39.8. The fourth-order valence-corrected chi connectivity index (χ4v) is 7.17. The molecule has 1 heterocycles. The van der Waals surface area contributed by atoms with Crippen LogP contribution in [0.2, 0.25) is 0 Å². The minimum Gasteiger partial charge on any atom is -0.391 e. The summed E-state index contributed by atoms with van der Waals surface area (Å²) < 4.78 is 26.3. The van der Waals surface area contributed by atoms with E-state index in [9.17, 15) is 27.9 Å². The van der Waals surface area contributed by atoms with Gasteiger partial charge < -0.3 is 26.5 Å². The number of hydrogen-bond donors (Lipinski definition) is 5. The number of nitrogens with one attached hydrogen (secondary N) is 4. The van der Waals surface area contributed by atoms with Gasteiger partial charge in [-0.25, -0.2) is 13.4 Å². The fourth-order valence-electron chi connectivity index (χ4n) is 5.82. The second-order valence-corrected chi connectivity index (χ2v) is 16.5. The first-order valence-corrected chi connectivity index (χ1v) is 19.1. The SMILES string of the molecule is CC(C)[C@H](NC(=O)c1ccc2ccccc2n1)C(=O)NC(Cc1ccccc1)C(O)CC(=N)[C@H](CCS(=O)(=O)c1ccccc1)C(=O)NC(C)(C)C. The van der Waals surface area contributed by atoms with Gasteiger partial charge in [0.1, 0.15) is 11.7 Å². The average molecular weight is 728 g/mol. The molecule has 0 saturated heterocycles. The highest BCUT2D eigenvalue weighted by atomic mass is 32.2. The predicted octanol–water partition coefficient (Wildman–Crippen LogP) is 4.88. The molecule has 0 bridgehead atoms. The summed E-state index contributed by atoms with van der Waals surface area (Å²) >= 11 is 0. The lowest BCUT2D eigenvalue weighted by atomic mass is 9.90. The summed E-state index contributed by atoms with van der Waals surface area (Å²) in [5, 5.41) is 30.0. The quantitative estimate of drug-likeness (QED) is 0.102. The number of fused-ring (bicyclic) bond motifs is 1. The Bertz CT molecular complexity index is 1960. The van der Waals surface area contributed by atoms with E-state index in [4.69, 9.17) is 5.41 Å². The number of hydrogen-bond acceptors (Lipinski definition) is 8. The summed E-state index contributed by atoms with van der Waals surface area (Å²) in [4.78, 5) is 45.2. The van der Waals surface area contributed by atoms with Crippen LogP contribution in [0.1, 0.15) is 63.5 Å². The van der Waals surface area contributed by atoms with Crippen LogP contribution in [0.25, 0.3) is 10.9 Å². The Labute approximate surface area is 306 Å². The van der Waals surface area contributed by atoms with Crippen LogP contribution in [0, 0.1) is 17.2 Å². The van der Waals surface area contributed by atoms with Gasteiger partial charge in [-0.3, -0.25) is 14.4 Å². The van der Waals surface area contributed by atoms with Crippen LogP contribution < -0.4 is 16.0 Å². The molecule has 4 rings (SSSR count). The van der Waals surface area contributed by atoms with Crippen molar-refractivity contribution in [3.8, 4) is 0 Å². The Kier molecular flexibility index (Phi) is 13.4. The van der Waals surface area contributed by atoms with E-state index in [1.165, 1.54) is 12.1 Å². The number of pyridine rings is 1. The third-order valence-corrected chi connectivity index (χ3v) is 10.4. The van der Waals surface area contributed by atoms with E-state index >= 15 is 0 Å². The molecule has 0 radical (unpaired) electrons. The molecule has 0 spiro atoms. The number of para-hydroxylation sites is 1. The van der Waals surface area contributed by atoms with Gasteiger partial charge in [-0.15, -0.1) is 0 Å². The molecule has 52 heavy (non-hydrogen) atoms. The van der Waals surface area contributed by atoms with E-state index in [2.05, 4.69) is 20.9 Å². The maximum absolute atomic E-state index is 13.9. The van der Waals surface area contributed by atoms with Crippen LogP contribution in [0.5, 0.6) is 0 Å². The van der Waals surface area contributed by atoms with Crippen molar-refractivity contribution < 1.29 is 27.9 Å². The van der Waals surface area contributed by atoms with Gasteiger partial charge in [0.2, 0.25) is 11.8 Å². The van der Waals surface area contributed by atoms with Crippen molar-refractivity contribution in [1.82, 2.24) is 20.9 Å². The lowest BCUT2D eigenvalue weighted by Gasteiger charge is -2.30. The lowest BCUT2D eigenvalue weighted by molar-refractivity contribution is -0.126. The molecule has 3 amide bonds. The number of sulfone groups is 1. The van der Waals surface area contributed by atoms with E-state index in [0.717, 1.165) is 10.9 Å². The van der Waals surface area contributed by atoms with E-state index in [0.29, 0.717) is 5.52 Å². The summed E-state index contributed by atoms with van der Waals surface area (Å²) in [7, 11) is -3.76. The van der Waals surface area contributed by atoms with Gasteiger partial charge in [-0.05, 0) is 69.4 Å². The molecule has 3 aromatic carbocycles. The highest BCUT2D eigenvalue weighted by Gasteiger charge is 2.34. The zero-order valence-electron chi connectivity index (χ0n) is 30.3. The summed E-state index contributed by atoms with van der Waals surface area (Å²) in [6.45, 7) is 8.93. The molecular weight excluding hydrogens is 679 g/mol. The third kappa shape index (κ3) is 11.3. The minimum absolute atomic E-state index is 0.116. The smallest absolute Gasteiger partial charge is 0.270 e. The average Bonchev–Trinajstić information content (AvgIpc) is 3.09. The molecule has 0 aliphatic rings. The van der Waals surface area contributed by atoms with Crippen LogP contribution in [0.3, 0.4) is 0 Å². The summed E-state index contributed by atoms with van der Waals surface area (Å²) in [6.07, 6.45) is -1.64. The molecule has 276 valence electrons. The summed E-state index contributed by atoms with van der Waals surface area (Å²) in [5.74, 6) is -3.47. The van der Waals surface area contributed by atoms with Gasteiger partial charge in [-0.1, -0.05) is 86.6 Å². The maximum atomic E-state index is 13.9. The van der Waals surface area contributed by atoms with E-state index < -0.39 is 57.2 Å². The minimum atomic E-state index is -3.76. The number of carbonyl (C=O) groups is 3. The van der Waals surface area contributed by atoms with Crippen LogP contribution in [0.15, 0.2) is 102 Å². The topological polar surface area (TPSA) is 178 Å². The molecule has 1 aromatic heterocycles. The van der Waals surface area contributed by atoms with E-state index in [-0.39, 0.29) is 47.2 Å². The first-order valence-electron chi connectivity index (χ1n) is 17.4. The van der Waals surface area contributed by atoms with Crippen LogP contribution in [-0.2, 0) is 25.8 Å². The summed E-state index contributed by atoms with van der Waals surface area (Å²) in [5.41, 5.74) is 0.775. The van der Waals surface area contributed by atoms with Crippen molar-refractivity contribution in [2.45, 2.75) is 82.5 Å². The molecule has 4 atom stereocenters. The number of carbonyl (C=O) groups excluding carboxylic acids is 3. The molecule has 0 aliphatic carbocycles. The second-order valence-electron chi connectivity index (χ2n) is 14.4. The monoisotopic (exact) mass is 727 g/mol. The number of benzene rings is 3. The van der Waals surface area contributed by atoms with Gasteiger partial charge in [0.25, 0.3) is 5.91 Å². The van der Waals surface area contributed by atoms with Crippen molar-refractivity contribution in [2.75, 3.05) is 5.75 Å². The predicted molar refractivity (Wildman–Crippen MR) is 203 cm³/mol. The summed E-state index contributed by atoms with van der Waals surface area (Å²) in [6, 6.07) is 26.0. The largest absolute Gasteiger partial charge is 0.391 e. The van der Waals surface area contributed by atoms with Crippen molar-refractivity contribution in [3.63, 3.8) is 0 Å². The number of rotatable bonds is 16. The van der Waals surface area contributed by atoms with Crippen molar-refractivity contribution >= 4 is 44.2 Å². The number of aliphatic hydroxyl groups excluding tert-OH is 1. The standard InChI is InChI=1S/C40H49N5O6S/c1-26(2)36(44-38(48)33-21-20-28-16-12-13-19-32(28)42-33)39(49)43-34(24-27-14-8-6-9-15-27)35(46)25-31(41)30(37(47)45-40(3,4)5)22-23-52(50,51)29-17-10-7-11-18-29/h6-21,26,30,34-36,41,46H,22-25H2,1-5H3,(H,43,49)(H,44,48)(H,45,47)/t30-,34?,35?,36-/m0/s1. The molecule has 4 aromatic rings. The van der Waals surface area contributed by atoms with Gasteiger partial charge >= 0.3 is 0 Å². The molecule has 11 nitrogen and oxygen atoms in total. The normalized spacial score (nSPS) is 14.2. The Hall–Kier alpha value is -4.94. The maximum Gasteiger partial charge on any atom is 0.270 e. The number of nitrogens with zero attached hydrogens (tertiary/aromatic N) is 1. The van der Waals surface area contributed by atoms with Gasteiger partial charge in [0, 0.05) is 23.1 Å². The third-order valence-electron chi connectivity index (χ3n) is 8.60. The Morgan fingerprint density at radius 2 is 1.44 bits per heavy atom. The van der Waals surface area contributed by atoms with Crippen LogP contribution >= 0.6 is 0 Å². The van der Waals surface area contributed by atoms with Crippen molar-refractivity contribution in [2.24, 2.45) is 11.8 Å². The van der Waals surface area contributed by atoms with Crippen molar-refractivity contribution in [1.29, 1.82) is 5.41 Å². The zero-order valence-corrected chi connectivity index (χ0v) is 31.1. The number of aliphatic hydroxyl groups is 1. The van der Waals surface area contributed by atoms with E-state index in [1.807, 2.05) is 48.5 Å². The van der Waals surface area contributed by atoms with Crippen LogP contribution in [0.4, 0.5) is 0 Å². The first-order chi connectivity index (χ1) is 24.5. The Morgan fingerprint density at radius 3 is 2.08 bits per heavy atom. The zero-order chi connectivity index (χ0) is 38.1. The van der Waals surface area contributed by atoms with Gasteiger partial charge in [-0.2, -0.15) is 0 Å². The molecule has 0 aliphatic heterocycles. The molecule has 0 fully saturated rings.